The summed E-state index contributed by atoms with van der Waals surface area (Å²) < 4.78 is 39.2. The maximum atomic E-state index is 14.1. The second-order valence-corrected chi connectivity index (χ2v) is 6.87. The van der Waals surface area contributed by atoms with E-state index in [1.165, 1.54) is 13.2 Å². The van der Waals surface area contributed by atoms with Crippen molar-refractivity contribution in [3.8, 4) is 17.4 Å². The van der Waals surface area contributed by atoms with Crippen molar-refractivity contribution >= 4 is 33.0 Å². The van der Waals surface area contributed by atoms with Gasteiger partial charge in [0.25, 0.3) is 0 Å². The quantitative estimate of drug-likeness (QED) is 0.588. The monoisotopic (exact) mass is 448 g/mol. The summed E-state index contributed by atoms with van der Waals surface area (Å²) in [5.41, 5.74) is 5.26. The summed E-state index contributed by atoms with van der Waals surface area (Å²) in [6, 6.07) is 10.3. The Morgan fingerprint density at radius 1 is 1.04 bits per heavy atom. The molecule has 2 heterocycles. The zero-order chi connectivity index (χ0) is 19.8. The number of anilines is 3. The zero-order valence-electron chi connectivity index (χ0n) is 14.9. The molecule has 0 fully saturated rings. The van der Waals surface area contributed by atoms with E-state index in [1.54, 1.807) is 23.4 Å². The summed E-state index contributed by atoms with van der Waals surface area (Å²) in [5.74, 6) is -0.710. The van der Waals surface area contributed by atoms with Gasteiger partial charge in [0.1, 0.15) is 17.2 Å². The fourth-order valence-electron chi connectivity index (χ4n) is 2.95. The van der Waals surface area contributed by atoms with Crippen LogP contribution in [0.5, 0.6) is 17.4 Å². The van der Waals surface area contributed by atoms with Crippen LogP contribution in [0.4, 0.5) is 25.8 Å². The predicted octanol–water partition coefficient (Wildman–Crippen LogP) is 5.25. The molecule has 0 saturated heterocycles. The van der Waals surface area contributed by atoms with Gasteiger partial charge in [0.05, 0.1) is 12.8 Å². The number of hydrogen-bond acceptors (Lipinski definition) is 6. The minimum absolute atomic E-state index is 0.0766. The van der Waals surface area contributed by atoms with Gasteiger partial charge in [-0.3, -0.25) is 10.4 Å². The van der Waals surface area contributed by atoms with Crippen LogP contribution in [0, 0.1) is 11.6 Å². The van der Waals surface area contributed by atoms with E-state index in [0.29, 0.717) is 23.0 Å². The van der Waals surface area contributed by atoms with E-state index in [9.17, 15) is 8.78 Å². The number of methoxy groups -OCH3 is 1. The molecule has 9 heteroatoms. The molecule has 1 N–H and O–H groups in total. The third-order valence-corrected chi connectivity index (χ3v) is 4.65. The van der Waals surface area contributed by atoms with Gasteiger partial charge in [-0.25, -0.2) is 13.8 Å². The first kappa shape index (κ1) is 18.5. The highest BCUT2D eigenvalue weighted by Gasteiger charge is 2.31. The number of nitrogens with one attached hydrogen (secondary N) is 1. The molecule has 28 heavy (non-hydrogen) atoms. The lowest BCUT2D eigenvalue weighted by Gasteiger charge is -2.27. The standard InChI is InChI=1S/C19H15BrF2N4O2/c1-25-24-18-14(7-8-23-19(18)27-2)26(25)15-9-11(20)3-5-17(15)28-16-6-4-12(21)10-13(16)22/h3-10,24H,1-2H3. The number of nitrogens with zero attached hydrogens (tertiary/aromatic N) is 3. The van der Waals surface area contributed by atoms with Crippen molar-refractivity contribution in [2.45, 2.75) is 0 Å². The first-order valence-corrected chi connectivity index (χ1v) is 9.03. The SMILES string of the molecule is COc1nccc2c1NN(C)N2c1cc(Br)ccc1Oc1ccc(F)cc1F. The normalized spacial score (nSPS) is 13.2. The van der Waals surface area contributed by atoms with Crippen LogP contribution in [0.1, 0.15) is 0 Å². The molecule has 6 nitrogen and oxygen atoms in total. The Balaban J connectivity index is 1.80. The summed E-state index contributed by atoms with van der Waals surface area (Å²) in [6.07, 6.45) is 1.63. The molecule has 0 unspecified atom stereocenters. The Hall–Kier alpha value is -2.91. The summed E-state index contributed by atoms with van der Waals surface area (Å²) in [5, 5.41) is 3.56. The van der Waals surface area contributed by atoms with Gasteiger partial charge >= 0.3 is 0 Å². The average Bonchev–Trinajstić information content (AvgIpc) is 3.01. The minimum atomic E-state index is -0.784. The van der Waals surface area contributed by atoms with Crippen molar-refractivity contribution in [1.82, 2.24) is 10.1 Å². The Kier molecular flexibility index (Phi) is 4.78. The summed E-state index contributed by atoms with van der Waals surface area (Å²) in [4.78, 5) is 4.20. The number of benzene rings is 2. The number of ether oxygens (including phenoxy) is 2. The van der Waals surface area contributed by atoms with Crippen LogP contribution < -0.4 is 19.9 Å². The van der Waals surface area contributed by atoms with Gasteiger partial charge in [-0.1, -0.05) is 15.9 Å². The third-order valence-electron chi connectivity index (χ3n) is 4.15. The first-order valence-electron chi connectivity index (χ1n) is 8.24. The topological polar surface area (TPSA) is 49.9 Å². The molecular weight excluding hydrogens is 434 g/mol. The van der Waals surface area contributed by atoms with Gasteiger partial charge < -0.3 is 9.47 Å². The summed E-state index contributed by atoms with van der Waals surface area (Å²) in [7, 11) is 3.35. The third kappa shape index (κ3) is 3.23. The van der Waals surface area contributed by atoms with Crippen LogP contribution in [-0.2, 0) is 0 Å². The molecule has 0 amide bonds. The van der Waals surface area contributed by atoms with Crippen molar-refractivity contribution in [3.05, 3.63) is 64.8 Å². The molecule has 0 saturated carbocycles. The van der Waals surface area contributed by atoms with Crippen molar-refractivity contribution in [2.75, 3.05) is 24.6 Å². The van der Waals surface area contributed by atoms with Gasteiger partial charge in [0.2, 0.25) is 5.88 Å². The maximum Gasteiger partial charge on any atom is 0.240 e. The number of hydrogen-bond donors (Lipinski definition) is 1. The number of halogens is 3. The van der Waals surface area contributed by atoms with Gasteiger partial charge in [-0.05, 0) is 36.4 Å². The molecule has 1 aliphatic heterocycles. The van der Waals surface area contributed by atoms with Gasteiger partial charge in [0, 0.05) is 23.8 Å². The second kappa shape index (κ2) is 7.25. The van der Waals surface area contributed by atoms with Crippen LogP contribution in [0.2, 0.25) is 0 Å². The van der Waals surface area contributed by atoms with Crippen molar-refractivity contribution in [2.24, 2.45) is 0 Å². The van der Waals surface area contributed by atoms with E-state index in [0.717, 1.165) is 22.3 Å². The number of aromatic nitrogens is 1. The molecule has 144 valence electrons. The fraction of sp³-hybridized carbons (Fsp3) is 0.105. The molecule has 0 spiro atoms. The second-order valence-electron chi connectivity index (χ2n) is 5.95. The molecule has 1 aliphatic rings. The lowest BCUT2D eigenvalue weighted by Crippen LogP contribution is -2.34. The van der Waals surface area contributed by atoms with E-state index >= 15 is 0 Å². The molecule has 0 radical (unpaired) electrons. The molecule has 1 aromatic heterocycles. The highest BCUT2D eigenvalue weighted by Crippen LogP contribution is 2.47. The van der Waals surface area contributed by atoms with Crippen molar-refractivity contribution in [3.63, 3.8) is 0 Å². The van der Waals surface area contributed by atoms with Crippen LogP contribution >= 0.6 is 15.9 Å². The van der Waals surface area contributed by atoms with Crippen LogP contribution in [-0.4, -0.2) is 24.3 Å². The summed E-state index contributed by atoms with van der Waals surface area (Å²) in [6.45, 7) is 0. The Morgan fingerprint density at radius 2 is 1.82 bits per heavy atom. The van der Waals surface area contributed by atoms with Crippen LogP contribution in [0.3, 0.4) is 0 Å². The number of rotatable bonds is 4. The molecule has 0 bridgehead atoms. The van der Waals surface area contributed by atoms with E-state index in [1.807, 2.05) is 24.2 Å². The van der Waals surface area contributed by atoms with Gasteiger partial charge in [-0.2, -0.15) is 0 Å². The molecule has 0 aliphatic carbocycles. The van der Waals surface area contributed by atoms with Crippen LogP contribution in [0.15, 0.2) is 53.1 Å². The molecule has 0 atom stereocenters. The van der Waals surface area contributed by atoms with Crippen molar-refractivity contribution in [1.29, 1.82) is 0 Å². The van der Waals surface area contributed by atoms with E-state index in [2.05, 4.69) is 26.3 Å². The first-order chi connectivity index (χ1) is 13.5. The fourth-order valence-corrected chi connectivity index (χ4v) is 3.30. The smallest absolute Gasteiger partial charge is 0.240 e. The number of fused-ring (bicyclic) bond motifs is 1. The van der Waals surface area contributed by atoms with Crippen LogP contribution in [0.25, 0.3) is 0 Å². The Bertz CT molecular complexity index is 1050. The molecular formula is C19H15BrF2N4O2. The average molecular weight is 449 g/mol. The highest BCUT2D eigenvalue weighted by atomic mass is 79.9. The van der Waals surface area contributed by atoms with E-state index < -0.39 is 11.6 Å². The Morgan fingerprint density at radius 3 is 2.57 bits per heavy atom. The minimum Gasteiger partial charge on any atom is -0.479 e. The predicted molar refractivity (Wildman–Crippen MR) is 105 cm³/mol. The van der Waals surface area contributed by atoms with Gasteiger partial charge in [-0.15, -0.1) is 5.12 Å². The van der Waals surface area contributed by atoms with Crippen molar-refractivity contribution < 1.29 is 18.3 Å². The van der Waals surface area contributed by atoms with Gasteiger partial charge in [0.15, 0.2) is 17.3 Å². The number of pyridine rings is 1. The Labute approximate surface area is 168 Å². The largest absolute Gasteiger partial charge is 0.479 e. The summed E-state index contributed by atoms with van der Waals surface area (Å²) >= 11 is 3.46. The maximum absolute atomic E-state index is 14.1. The molecule has 3 aromatic rings. The highest BCUT2D eigenvalue weighted by molar-refractivity contribution is 9.10. The lowest BCUT2D eigenvalue weighted by molar-refractivity contribution is 0.393. The number of hydrazine groups is 2. The van der Waals surface area contributed by atoms with E-state index in [-0.39, 0.29) is 5.75 Å². The molecule has 4 rings (SSSR count). The molecule has 2 aromatic carbocycles. The zero-order valence-corrected chi connectivity index (χ0v) is 16.5. The van der Waals surface area contributed by atoms with E-state index in [4.69, 9.17) is 9.47 Å². The lowest BCUT2D eigenvalue weighted by atomic mass is 10.2.